The molecule has 1 amide bonds. The summed E-state index contributed by atoms with van der Waals surface area (Å²) in [4.78, 5) is 13.8. The Labute approximate surface area is 114 Å². The summed E-state index contributed by atoms with van der Waals surface area (Å²) >= 11 is 0. The number of benzene rings is 1. The summed E-state index contributed by atoms with van der Waals surface area (Å²) in [5, 5.41) is 12.5. The molecule has 1 aliphatic heterocycles. The number of nitrogens with one attached hydrogen (secondary N) is 1. The van der Waals surface area contributed by atoms with E-state index in [4.69, 9.17) is 0 Å². The molecule has 0 aromatic heterocycles. The molecule has 104 valence electrons. The Morgan fingerprint density at radius 2 is 2.16 bits per heavy atom. The lowest BCUT2D eigenvalue weighted by molar-refractivity contribution is -0.122. The Kier molecular flexibility index (Phi) is 5.36. The van der Waals surface area contributed by atoms with Crippen molar-refractivity contribution in [3.05, 3.63) is 35.9 Å². The van der Waals surface area contributed by atoms with Gasteiger partial charge in [0.05, 0.1) is 12.6 Å². The van der Waals surface area contributed by atoms with E-state index >= 15 is 0 Å². The lowest BCUT2D eigenvalue weighted by Crippen LogP contribution is -2.44. The van der Waals surface area contributed by atoms with Crippen LogP contribution in [0.5, 0.6) is 0 Å². The molecule has 0 radical (unpaired) electrons. The molecule has 1 atom stereocenters. The number of aliphatic hydroxyl groups is 1. The van der Waals surface area contributed by atoms with Crippen LogP contribution in [0, 0.1) is 0 Å². The first-order valence-corrected chi connectivity index (χ1v) is 6.95. The third kappa shape index (κ3) is 5.01. The molecule has 0 unspecified atom stereocenters. The summed E-state index contributed by atoms with van der Waals surface area (Å²) in [6, 6.07) is 10.1. The average Bonchev–Trinajstić information content (AvgIpc) is 2.40. The number of aliphatic hydroxyl groups excluding tert-OH is 1. The molecule has 1 aromatic rings. The van der Waals surface area contributed by atoms with Crippen molar-refractivity contribution >= 4 is 5.91 Å². The number of amides is 1. The zero-order valence-electron chi connectivity index (χ0n) is 11.2. The molecule has 1 heterocycles. The summed E-state index contributed by atoms with van der Waals surface area (Å²) in [5.41, 5.74) is 1.23. The zero-order valence-corrected chi connectivity index (χ0v) is 11.2. The first-order valence-electron chi connectivity index (χ1n) is 6.95. The van der Waals surface area contributed by atoms with Gasteiger partial charge < -0.3 is 10.4 Å². The molecule has 1 fully saturated rings. The first kappa shape index (κ1) is 14.0. The molecule has 0 bridgehead atoms. The maximum absolute atomic E-state index is 11.8. The minimum Gasteiger partial charge on any atom is -0.392 e. The lowest BCUT2D eigenvalue weighted by Gasteiger charge is -2.29. The van der Waals surface area contributed by atoms with Crippen LogP contribution in [0.25, 0.3) is 0 Å². The van der Waals surface area contributed by atoms with Gasteiger partial charge in [-0.25, -0.2) is 0 Å². The number of carbonyl (C=O) groups excluding carboxylic acids is 1. The Morgan fingerprint density at radius 3 is 2.89 bits per heavy atom. The smallest absolute Gasteiger partial charge is 0.234 e. The van der Waals surface area contributed by atoms with Gasteiger partial charge in [-0.1, -0.05) is 30.3 Å². The Balaban J connectivity index is 1.64. The molecule has 2 N–H and O–H groups in total. The predicted molar refractivity (Wildman–Crippen MR) is 74.8 cm³/mol. The van der Waals surface area contributed by atoms with Crippen molar-refractivity contribution in [2.24, 2.45) is 0 Å². The summed E-state index contributed by atoms with van der Waals surface area (Å²) in [6.07, 6.45) is 2.41. The number of hydrogen-bond acceptors (Lipinski definition) is 3. The van der Waals surface area contributed by atoms with E-state index in [1.807, 2.05) is 23.1 Å². The van der Waals surface area contributed by atoms with Gasteiger partial charge in [0.15, 0.2) is 0 Å². The van der Waals surface area contributed by atoms with Crippen LogP contribution in [-0.2, 0) is 11.2 Å². The third-order valence-electron chi connectivity index (χ3n) is 3.43. The minimum atomic E-state index is -0.272. The van der Waals surface area contributed by atoms with Crippen molar-refractivity contribution in [3.63, 3.8) is 0 Å². The van der Waals surface area contributed by atoms with Gasteiger partial charge in [0, 0.05) is 13.1 Å². The topological polar surface area (TPSA) is 52.6 Å². The lowest BCUT2D eigenvalue weighted by atomic mass is 10.1. The fraction of sp³-hybridized carbons (Fsp3) is 0.533. The number of hydrogen-bond donors (Lipinski definition) is 2. The number of piperidine rings is 1. The van der Waals surface area contributed by atoms with Crippen LogP contribution in [0.1, 0.15) is 18.4 Å². The molecule has 1 aliphatic rings. The molecule has 0 spiro atoms. The van der Waals surface area contributed by atoms with E-state index in [0.717, 1.165) is 25.8 Å². The fourth-order valence-corrected chi connectivity index (χ4v) is 2.42. The number of rotatable bonds is 5. The molecule has 1 saturated heterocycles. The quantitative estimate of drug-likeness (QED) is 0.825. The van der Waals surface area contributed by atoms with Crippen LogP contribution in [0.4, 0.5) is 0 Å². The van der Waals surface area contributed by atoms with Gasteiger partial charge in [-0.3, -0.25) is 9.69 Å². The SMILES string of the molecule is O=C(CN1CCC[C@H](O)C1)NCCc1ccccc1. The van der Waals surface area contributed by atoms with Crippen molar-refractivity contribution in [2.75, 3.05) is 26.2 Å². The maximum Gasteiger partial charge on any atom is 0.234 e. The van der Waals surface area contributed by atoms with Gasteiger partial charge in [0.25, 0.3) is 0 Å². The fourth-order valence-electron chi connectivity index (χ4n) is 2.42. The van der Waals surface area contributed by atoms with Gasteiger partial charge in [-0.15, -0.1) is 0 Å². The number of nitrogens with zero attached hydrogens (tertiary/aromatic N) is 1. The van der Waals surface area contributed by atoms with Gasteiger partial charge in [-0.05, 0) is 31.4 Å². The molecule has 4 heteroatoms. The summed E-state index contributed by atoms with van der Waals surface area (Å²) in [5.74, 6) is 0.0463. The molecule has 1 aromatic carbocycles. The minimum absolute atomic E-state index is 0.0463. The second-order valence-corrected chi connectivity index (χ2v) is 5.12. The number of β-amino-alcohol motifs (C(OH)–C–C–N with tert-alkyl or cyclic N) is 1. The summed E-state index contributed by atoms with van der Waals surface area (Å²) in [7, 11) is 0. The molecule has 0 saturated carbocycles. The van der Waals surface area contributed by atoms with E-state index < -0.39 is 0 Å². The summed E-state index contributed by atoms with van der Waals surface area (Å²) in [6.45, 7) is 2.58. The molecular weight excluding hydrogens is 240 g/mol. The van der Waals surface area contributed by atoms with E-state index in [0.29, 0.717) is 19.6 Å². The zero-order chi connectivity index (χ0) is 13.5. The molecule has 4 nitrogen and oxygen atoms in total. The highest BCUT2D eigenvalue weighted by Gasteiger charge is 2.19. The highest BCUT2D eigenvalue weighted by molar-refractivity contribution is 5.78. The van der Waals surface area contributed by atoms with Crippen molar-refractivity contribution in [1.29, 1.82) is 0 Å². The maximum atomic E-state index is 11.8. The number of likely N-dealkylation sites (tertiary alicyclic amines) is 1. The van der Waals surface area contributed by atoms with Crippen LogP contribution in [0.2, 0.25) is 0 Å². The van der Waals surface area contributed by atoms with Crippen LogP contribution in [0.3, 0.4) is 0 Å². The van der Waals surface area contributed by atoms with Crippen LogP contribution in [-0.4, -0.2) is 48.2 Å². The first-order chi connectivity index (χ1) is 9.24. The van der Waals surface area contributed by atoms with Gasteiger partial charge in [-0.2, -0.15) is 0 Å². The Hall–Kier alpha value is -1.39. The largest absolute Gasteiger partial charge is 0.392 e. The average molecular weight is 262 g/mol. The van der Waals surface area contributed by atoms with E-state index in [1.54, 1.807) is 0 Å². The Bertz CT molecular complexity index is 394. The standard InChI is InChI=1S/C15H22N2O2/c18-14-7-4-10-17(11-14)12-15(19)16-9-8-13-5-2-1-3-6-13/h1-3,5-6,14,18H,4,7-12H2,(H,16,19)/t14-/m0/s1. The van der Waals surface area contributed by atoms with E-state index in [1.165, 1.54) is 5.56 Å². The second kappa shape index (κ2) is 7.26. The van der Waals surface area contributed by atoms with Gasteiger partial charge in [0.1, 0.15) is 0 Å². The van der Waals surface area contributed by atoms with Gasteiger partial charge in [0.2, 0.25) is 5.91 Å². The normalized spacial score (nSPS) is 20.2. The van der Waals surface area contributed by atoms with Crippen molar-refractivity contribution in [1.82, 2.24) is 10.2 Å². The van der Waals surface area contributed by atoms with E-state index in [-0.39, 0.29) is 12.0 Å². The van der Waals surface area contributed by atoms with Crippen molar-refractivity contribution in [2.45, 2.75) is 25.4 Å². The highest BCUT2D eigenvalue weighted by Crippen LogP contribution is 2.08. The van der Waals surface area contributed by atoms with Crippen LogP contribution >= 0.6 is 0 Å². The summed E-state index contributed by atoms with van der Waals surface area (Å²) < 4.78 is 0. The van der Waals surface area contributed by atoms with Crippen LogP contribution in [0.15, 0.2) is 30.3 Å². The van der Waals surface area contributed by atoms with E-state index in [2.05, 4.69) is 17.4 Å². The van der Waals surface area contributed by atoms with Gasteiger partial charge >= 0.3 is 0 Å². The van der Waals surface area contributed by atoms with Crippen molar-refractivity contribution < 1.29 is 9.90 Å². The third-order valence-corrected chi connectivity index (χ3v) is 3.43. The second-order valence-electron chi connectivity index (χ2n) is 5.12. The number of carbonyl (C=O) groups is 1. The van der Waals surface area contributed by atoms with Crippen LogP contribution < -0.4 is 5.32 Å². The molecular formula is C15H22N2O2. The highest BCUT2D eigenvalue weighted by atomic mass is 16.3. The van der Waals surface area contributed by atoms with Crippen molar-refractivity contribution in [3.8, 4) is 0 Å². The molecule has 19 heavy (non-hydrogen) atoms. The molecule has 0 aliphatic carbocycles. The van der Waals surface area contributed by atoms with E-state index in [9.17, 15) is 9.90 Å². The Morgan fingerprint density at radius 1 is 1.37 bits per heavy atom. The predicted octanol–water partition coefficient (Wildman–Crippen LogP) is 0.802. The monoisotopic (exact) mass is 262 g/mol. The molecule has 2 rings (SSSR count).